The quantitative estimate of drug-likeness (QED) is 0.260. The highest BCUT2D eigenvalue weighted by Gasteiger charge is 2.37. The van der Waals surface area contributed by atoms with Gasteiger partial charge in [0.1, 0.15) is 12.6 Å². The van der Waals surface area contributed by atoms with E-state index in [2.05, 4.69) is 5.32 Å². The van der Waals surface area contributed by atoms with Crippen molar-refractivity contribution >= 4 is 39.1 Å². The second-order valence-electron chi connectivity index (χ2n) is 10.5. The summed E-state index contributed by atoms with van der Waals surface area (Å²) in [4.78, 5) is 28.1. The number of amides is 2. The van der Waals surface area contributed by atoms with Crippen LogP contribution in [-0.2, 0) is 32.3 Å². The van der Waals surface area contributed by atoms with E-state index in [1.807, 2.05) is 32.9 Å². The molecule has 0 bridgehead atoms. The third kappa shape index (κ3) is 8.51. The maximum Gasteiger partial charge on any atom is 0.417 e. The lowest BCUT2D eigenvalue weighted by Gasteiger charge is -2.32. The van der Waals surface area contributed by atoms with Crippen LogP contribution in [0.25, 0.3) is 0 Å². The van der Waals surface area contributed by atoms with Gasteiger partial charge in [0.15, 0.2) is 0 Å². The summed E-state index contributed by atoms with van der Waals surface area (Å²) >= 11 is 5.82. The predicted octanol–water partition coefficient (Wildman–Crippen LogP) is 6.50. The van der Waals surface area contributed by atoms with E-state index in [0.29, 0.717) is 22.4 Å². The van der Waals surface area contributed by atoms with Gasteiger partial charge >= 0.3 is 6.18 Å². The molecule has 0 aromatic heterocycles. The first-order valence-corrected chi connectivity index (χ1v) is 15.5. The first-order valence-electron chi connectivity index (χ1n) is 13.7. The van der Waals surface area contributed by atoms with Crippen LogP contribution in [-0.4, -0.2) is 43.8 Å². The van der Waals surface area contributed by atoms with Crippen LogP contribution in [0.4, 0.5) is 18.9 Å². The lowest BCUT2D eigenvalue weighted by atomic mass is 10.1. The topological polar surface area (TPSA) is 86.8 Å². The Morgan fingerprint density at radius 2 is 1.60 bits per heavy atom. The van der Waals surface area contributed by atoms with Crippen LogP contribution in [0.2, 0.25) is 5.02 Å². The number of hydrogen-bond acceptors (Lipinski definition) is 4. The molecule has 3 aromatic carbocycles. The summed E-state index contributed by atoms with van der Waals surface area (Å²) in [5, 5.41) is 2.22. The minimum absolute atomic E-state index is 0.0392. The first-order chi connectivity index (χ1) is 20.0. The largest absolute Gasteiger partial charge is 0.417 e. The number of carbonyl (C=O) groups excluding carboxylic acids is 2. The van der Waals surface area contributed by atoms with Gasteiger partial charge in [-0.05, 0) is 70.0 Å². The van der Waals surface area contributed by atoms with Crippen molar-refractivity contribution in [2.75, 3.05) is 10.8 Å². The minimum atomic E-state index is -4.88. The van der Waals surface area contributed by atoms with Crippen LogP contribution in [0.5, 0.6) is 0 Å². The fourth-order valence-electron chi connectivity index (χ4n) is 4.31. The average molecular weight is 638 g/mol. The molecule has 0 aliphatic carbocycles. The Labute approximate surface area is 255 Å². The van der Waals surface area contributed by atoms with Crippen LogP contribution < -0.4 is 9.62 Å². The van der Waals surface area contributed by atoms with E-state index < -0.39 is 56.9 Å². The van der Waals surface area contributed by atoms with Crippen molar-refractivity contribution in [2.24, 2.45) is 0 Å². The number of hydrogen-bond donors (Lipinski definition) is 1. The molecule has 0 spiro atoms. The molecule has 0 heterocycles. The number of benzene rings is 3. The molecular formula is C31H35ClF3N3O4S. The van der Waals surface area contributed by atoms with E-state index in [-0.39, 0.29) is 17.5 Å². The SMILES string of the molecule is CC[C@H](C)NC(=O)[C@H](C)N(Cc1cccc(C)c1)C(=O)CN(c1ccc(Cl)c(C(F)(F)F)c1)S(=O)(=O)c1ccc(C)cc1. The second-order valence-corrected chi connectivity index (χ2v) is 12.8. The van der Waals surface area contributed by atoms with Gasteiger partial charge in [-0.15, -0.1) is 0 Å². The Kier molecular flexibility index (Phi) is 10.9. The highest BCUT2D eigenvalue weighted by atomic mass is 35.5. The lowest BCUT2D eigenvalue weighted by Crippen LogP contribution is -2.52. The first kappa shape index (κ1) is 33.9. The molecule has 43 heavy (non-hydrogen) atoms. The summed E-state index contributed by atoms with van der Waals surface area (Å²) in [5.74, 6) is -1.23. The molecule has 3 aromatic rings. The van der Waals surface area contributed by atoms with Crippen molar-refractivity contribution in [1.82, 2.24) is 10.2 Å². The van der Waals surface area contributed by atoms with Crippen molar-refractivity contribution in [3.63, 3.8) is 0 Å². The number of carbonyl (C=O) groups is 2. The number of sulfonamides is 1. The predicted molar refractivity (Wildman–Crippen MR) is 161 cm³/mol. The molecule has 0 radical (unpaired) electrons. The number of nitrogens with zero attached hydrogens (tertiary/aromatic N) is 2. The zero-order valence-corrected chi connectivity index (χ0v) is 26.1. The Balaban J connectivity index is 2.12. The standard InChI is InChI=1S/C31H35ClF3N3O4S/c1-6-22(4)36-30(40)23(5)37(18-24-9-7-8-21(3)16-24)29(39)19-38(43(41,42)26-13-10-20(2)11-14-26)25-12-15-28(32)27(17-25)31(33,34)35/h7-17,22-23H,6,18-19H2,1-5H3,(H,36,40)/t22-,23-/m0/s1. The van der Waals surface area contributed by atoms with Crippen molar-refractivity contribution in [3.05, 3.63) is 94.0 Å². The Bertz CT molecular complexity index is 1560. The van der Waals surface area contributed by atoms with E-state index >= 15 is 0 Å². The maximum atomic E-state index is 14.0. The monoisotopic (exact) mass is 637 g/mol. The maximum absolute atomic E-state index is 14.0. The third-order valence-corrected chi connectivity index (χ3v) is 9.15. The van der Waals surface area contributed by atoms with Gasteiger partial charge in [-0.1, -0.05) is 66.0 Å². The van der Waals surface area contributed by atoms with Gasteiger partial charge in [0.25, 0.3) is 10.0 Å². The lowest BCUT2D eigenvalue weighted by molar-refractivity contribution is -0.139. The number of anilines is 1. The number of alkyl halides is 3. The number of nitrogens with one attached hydrogen (secondary N) is 1. The van der Waals surface area contributed by atoms with Gasteiger partial charge in [-0.25, -0.2) is 8.42 Å². The molecule has 0 saturated carbocycles. The molecule has 0 saturated heterocycles. The van der Waals surface area contributed by atoms with Gasteiger partial charge in [0, 0.05) is 12.6 Å². The van der Waals surface area contributed by atoms with Crippen LogP contribution in [0.3, 0.4) is 0 Å². The number of rotatable bonds is 11. The highest BCUT2D eigenvalue weighted by molar-refractivity contribution is 7.92. The minimum Gasteiger partial charge on any atom is -0.352 e. The number of aryl methyl sites for hydroxylation is 2. The second kappa shape index (κ2) is 13.8. The molecule has 2 atom stereocenters. The van der Waals surface area contributed by atoms with E-state index in [0.717, 1.165) is 23.3 Å². The summed E-state index contributed by atoms with van der Waals surface area (Å²) in [6.45, 7) is 7.93. The molecule has 7 nitrogen and oxygen atoms in total. The molecular weight excluding hydrogens is 603 g/mol. The van der Waals surface area contributed by atoms with Crippen molar-refractivity contribution < 1.29 is 31.2 Å². The molecule has 2 amide bonds. The fourth-order valence-corrected chi connectivity index (χ4v) is 5.94. The summed E-state index contributed by atoms with van der Waals surface area (Å²) < 4.78 is 69.8. The molecule has 0 fully saturated rings. The Morgan fingerprint density at radius 3 is 2.19 bits per heavy atom. The summed E-state index contributed by atoms with van der Waals surface area (Å²) in [7, 11) is -4.55. The highest BCUT2D eigenvalue weighted by Crippen LogP contribution is 2.38. The van der Waals surface area contributed by atoms with Crippen molar-refractivity contribution in [3.8, 4) is 0 Å². The molecule has 12 heteroatoms. The third-order valence-electron chi connectivity index (χ3n) is 7.03. The van der Waals surface area contributed by atoms with Gasteiger partial charge in [0.2, 0.25) is 11.8 Å². The van der Waals surface area contributed by atoms with E-state index in [9.17, 15) is 31.2 Å². The Hall–Kier alpha value is -3.57. The fraction of sp³-hybridized carbons (Fsp3) is 0.355. The zero-order chi connectivity index (χ0) is 32.1. The number of halogens is 4. The molecule has 3 rings (SSSR count). The van der Waals surface area contributed by atoms with Gasteiger partial charge in [-0.2, -0.15) is 13.2 Å². The van der Waals surface area contributed by atoms with E-state index in [1.54, 1.807) is 31.2 Å². The van der Waals surface area contributed by atoms with Crippen molar-refractivity contribution in [2.45, 2.75) is 70.7 Å². The molecule has 1 N–H and O–H groups in total. The van der Waals surface area contributed by atoms with Gasteiger partial charge in [-0.3, -0.25) is 13.9 Å². The van der Waals surface area contributed by atoms with Crippen LogP contribution in [0.1, 0.15) is 49.4 Å². The van der Waals surface area contributed by atoms with Crippen molar-refractivity contribution in [1.29, 1.82) is 0 Å². The molecule has 0 unspecified atom stereocenters. The van der Waals surface area contributed by atoms with E-state index in [1.165, 1.54) is 24.0 Å². The molecule has 232 valence electrons. The van der Waals surface area contributed by atoms with Crippen LogP contribution in [0, 0.1) is 13.8 Å². The Morgan fingerprint density at radius 1 is 0.953 bits per heavy atom. The van der Waals surface area contributed by atoms with Crippen LogP contribution >= 0.6 is 11.6 Å². The summed E-state index contributed by atoms with van der Waals surface area (Å²) in [6.07, 6.45) is -4.23. The summed E-state index contributed by atoms with van der Waals surface area (Å²) in [6, 6.07) is 14.4. The van der Waals surface area contributed by atoms with E-state index in [4.69, 9.17) is 11.6 Å². The zero-order valence-electron chi connectivity index (χ0n) is 24.6. The molecule has 0 aliphatic rings. The normalized spacial score (nSPS) is 13.2. The van der Waals surface area contributed by atoms with Crippen LogP contribution in [0.15, 0.2) is 71.6 Å². The van der Waals surface area contributed by atoms with Gasteiger partial charge in [0.05, 0.1) is 21.2 Å². The molecule has 0 aliphatic heterocycles. The average Bonchev–Trinajstić information content (AvgIpc) is 2.94. The van der Waals surface area contributed by atoms with Gasteiger partial charge < -0.3 is 10.2 Å². The smallest absolute Gasteiger partial charge is 0.352 e. The summed E-state index contributed by atoms with van der Waals surface area (Å²) in [5.41, 5.74) is 0.707.